The molecule has 0 amide bonds. The molecular weight excluding hydrogens is 360 g/mol. The SMILES string of the molecule is CC1(C)CC1C(Br)c1cc2c(cc1Br)OCCO2. The van der Waals surface area contributed by atoms with Crippen LogP contribution in [0.4, 0.5) is 0 Å². The van der Waals surface area contributed by atoms with Gasteiger partial charge in [0.1, 0.15) is 13.2 Å². The number of benzene rings is 1. The van der Waals surface area contributed by atoms with Crippen molar-refractivity contribution >= 4 is 31.9 Å². The summed E-state index contributed by atoms with van der Waals surface area (Å²) in [6.45, 7) is 5.90. The van der Waals surface area contributed by atoms with Crippen LogP contribution in [0.3, 0.4) is 0 Å². The second-order valence-electron chi connectivity index (χ2n) is 5.72. The Morgan fingerprint density at radius 3 is 2.33 bits per heavy atom. The van der Waals surface area contributed by atoms with Crippen LogP contribution >= 0.6 is 31.9 Å². The summed E-state index contributed by atoms with van der Waals surface area (Å²) in [6, 6.07) is 4.12. The molecule has 0 spiro atoms. The summed E-state index contributed by atoms with van der Waals surface area (Å²) in [5, 5.41) is 0. The Hall–Kier alpha value is -0.220. The topological polar surface area (TPSA) is 18.5 Å². The summed E-state index contributed by atoms with van der Waals surface area (Å²) in [5.41, 5.74) is 1.70. The van der Waals surface area contributed by atoms with E-state index in [1.54, 1.807) is 0 Å². The second kappa shape index (κ2) is 4.41. The van der Waals surface area contributed by atoms with E-state index in [4.69, 9.17) is 9.47 Å². The van der Waals surface area contributed by atoms with Crippen molar-refractivity contribution in [2.75, 3.05) is 13.2 Å². The highest BCUT2D eigenvalue weighted by molar-refractivity contribution is 9.11. The van der Waals surface area contributed by atoms with Gasteiger partial charge in [-0.25, -0.2) is 0 Å². The van der Waals surface area contributed by atoms with Gasteiger partial charge in [-0.15, -0.1) is 0 Å². The highest BCUT2D eigenvalue weighted by Gasteiger charge is 2.50. The molecule has 0 radical (unpaired) electrons. The molecule has 0 saturated heterocycles. The number of ether oxygens (including phenoxy) is 2. The lowest BCUT2D eigenvalue weighted by Crippen LogP contribution is -2.15. The van der Waals surface area contributed by atoms with Crippen LogP contribution in [0.25, 0.3) is 0 Å². The van der Waals surface area contributed by atoms with Gasteiger partial charge < -0.3 is 9.47 Å². The van der Waals surface area contributed by atoms with E-state index >= 15 is 0 Å². The lowest BCUT2D eigenvalue weighted by molar-refractivity contribution is 0.171. The molecule has 4 heteroatoms. The zero-order chi connectivity index (χ0) is 12.9. The van der Waals surface area contributed by atoms with Crippen LogP contribution in [-0.2, 0) is 0 Å². The summed E-state index contributed by atoms with van der Waals surface area (Å²) >= 11 is 7.48. The van der Waals surface area contributed by atoms with Crippen LogP contribution in [0, 0.1) is 11.3 Å². The van der Waals surface area contributed by atoms with Crippen molar-refractivity contribution in [1.82, 2.24) is 0 Å². The molecular formula is C14H16Br2O2. The molecule has 1 aromatic carbocycles. The number of hydrogen-bond acceptors (Lipinski definition) is 2. The highest BCUT2D eigenvalue weighted by atomic mass is 79.9. The quantitative estimate of drug-likeness (QED) is 0.697. The van der Waals surface area contributed by atoms with Gasteiger partial charge in [0, 0.05) is 9.30 Å². The Morgan fingerprint density at radius 2 is 1.78 bits per heavy atom. The minimum Gasteiger partial charge on any atom is -0.486 e. The molecule has 18 heavy (non-hydrogen) atoms. The second-order valence-corrected chi connectivity index (χ2v) is 7.56. The van der Waals surface area contributed by atoms with Crippen molar-refractivity contribution in [3.63, 3.8) is 0 Å². The molecule has 2 atom stereocenters. The molecule has 1 aliphatic heterocycles. The van der Waals surface area contributed by atoms with Crippen LogP contribution in [0.2, 0.25) is 0 Å². The van der Waals surface area contributed by atoms with Gasteiger partial charge in [0.15, 0.2) is 11.5 Å². The molecule has 3 rings (SSSR count). The minimum absolute atomic E-state index is 0.373. The van der Waals surface area contributed by atoms with Gasteiger partial charge in [-0.2, -0.15) is 0 Å². The zero-order valence-corrected chi connectivity index (χ0v) is 13.7. The van der Waals surface area contributed by atoms with Gasteiger partial charge in [-0.1, -0.05) is 45.7 Å². The lowest BCUT2D eigenvalue weighted by atomic mass is 10.0. The predicted octanol–water partition coefficient (Wildman–Crippen LogP) is 4.70. The summed E-state index contributed by atoms with van der Waals surface area (Å²) in [6.07, 6.45) is 1.27. The number of rotatable bonds is 2. The van der Waals surface area contributed by atoms with E-state index in [1.165, 1.54) is 12.0 Å². The Bertz CT molecular complexity index is 485. The number of alkyl halides is 1. The van der Waals surface area contributed by atoms with Crippen LogP contribution in [0.15, 0.2) is 16.6 Å². The van der Waals surface area contributed by atoms with Gasteiger partial charge in [-0.3, -0.25) is 0 Å². The molecule has 1 aliphatic carbocycles. The zero-order valence-electron chi connectivity index (χ0n) is 10.5. The maximum Gasteiger partial charge on any atom is 0.162 e. The van der Waals surface area contributed by atoms with Gasteiger partial charge in [0.05, 0.1) is 0 Å². The van der Waals surface area contributed by atoms with E-state index in [1.807, 2.05) is 6.07 Å². The first-order chi connectivity index (χ1) is 8.49. The van der Waals surface area contributed by atoms with E-state index < -0.39 is 0 Å². The van der Waals surface area contributed by atoms with Crippen molar-refractivity contribution < 1.29 is 9.47 Å². The average molecular weight is 376 g/mol. The molecule has 0 bridgehead atoms. The molecule has 2 aliphatic rings. The Kier molecular flexibility index (Phi) is 3.14. The largest absolute Gasteiger partial charge is 0.486 e. The maximum absolute atomic E-state index is 5.65. The fourth-order valence-electron chi connectivity index (χ4n) is 2.52. The fraction of sp³-hybridized carbons (Fsp3) is 0.571. The fourth-order valence-corrected chi connectivity index (χ4v) is 4.67. The molecule has 0 aromatic heterocycles. The molecule has 1 saturated carbocycles. The first-order valence-electron chi connectivity index (χ1n) is 6.22. The first kappa shape index (κ1) is 12.8. The maximum atomic E-state index is 5.65. The molecule has 1 heterocycles. The average Bonchev–Trinajstić information content (AvgIpc) is 2.97. The number of halogens is 2. The first-order valence-corrected chi connectivity index (χ1v) is 7.93. The molecule has 1 aromatic rings. The summed E-state index contributed by atoms with van der Waals surface area (Å²) in [5.74, 6) is 2.39. The van der Waals surface area contributed by atoms with E-state index in [-0.39, 0.29) is 0 Å². The molecule has 2 unspecified atom stereocenters. The molecule has 0 N–H and O–H groups in total. The van der Waals surface area contributed by atoms with Crippen molar-refractivity contribution in [2.24, 2.45) is 11.3 Å². The summed E-state index contributed by atoms with van der Waals surface area (Å²) in [7, 11) is 0. The van der Waals surface area contributed by atoms with Gasteiger partial charge in [0.25, 0.3) is 0 Å². The van der Waals surface area contributed by atoms with E-state index in [0.717, 1.165) is 16.0 Å². The normalized spacial score (nSPS) is 25.7. The number of hydrogen-bond donors (Lipinski definition) is 0. The van der Waals surface area contributed by atoms with Crippen LogP contribution in [0.1, 0.15) is 30.7 Å². The van der Waals surface area contributed by atoms with Crippen LogP contribution in [-0.4, -0.2) is 13.2 Å². The highest BCUT2D eigenvalue weighted by Crippen LogP contribution is 2.61. The van der Waals surface area contributed by atoms with Crippen LogP contribution < -0.4 is 9.47 Å². The van der Waals surface area contributed by atoms with Crippen molar-refractivity contribution in [3.05, 3.63) is 22.2 Å². The monoisotopic (exact) mass is 374 g/mol. The lowest BCUT2D eigenvalue weighted by Gasteiger charge is -2.22. The van der Waals surface area contributed by atoms with E-state index in [2.05, 4.69) is 51.8 Å². The predicted molar refractivity (Wildman–Crippen MR) is 78.7 cm³/mol. The van der Waals surface area contributed by atoms with Crippen LogP contribution in [0.5, 0.6) is 11.5 Å². The third-order valence-electron chi connectivity index (χ3n) is 3.90. The Morgan fingerprint density at radius 1 is 1.22 bits per heavy atom. The van der Waals surface area contributed by atoms with Gasteiger partial charge in [-0.05, 0) is 35.4 Å². The van der Waals surface area contributed by atoms with Crippen molar-refractivity contribution in [3.8, 4) is 11.5 Å². The molecule has 98 valence electrons. The van der Waals surface area contributed by atoms with Crippen molar-refractivity contribution in [2.45, 2.75) is 25.1 Å². The minimum atomic E-state index is 0.373. The van der Waals surface area contributed by atoms with E-state index in [0.29, 0.717) is 29.4 Å². The number of fused-ring (bicyclic) bond motifs is 1. The van der Waals surface area contributed by atoms with E-state index in [9.17, 15) is 0 Å². The Balaban J connectivity index is 1.92. The van der Waals surface area contributed by atoms with Gasteiger partial charge in [0.2, 0.25) is 0 Å². The third-order valence-corrected chi connectivity index (χ3v) is 5.72. The smallest absolute Gasteiger partial charge is 0.162 e. The molecule has 2 nitrogen and oxygen atoms in total. The third kappa shape index (κ3) is 2.18. The van der Waals surface area contributed by atoms with Gasteiger partial charge >= 0.3 is 0 Å². The summed E-state index contributed by atoms with van der Waals surface area (Å²) in [4.78, 5) is 0.373. The Labute approximate surface area is 124 Å². The summed E-state index contributed by atoms with van der Waals surface area (Å²) < 4.78 is 12.3. The van der Waals surface area contributed by atoms with Crippen molar-refractivity contribution in [1.29, 1.82) is 0 Å². The standard InChI is InChI=1S/C14H16Br2O2/c1-14(2)7-9(14)13(16)8-5-11-12(6-10(8)15)18-4-3-17-11/h5-6,9,13H,3-4,7H2,1-2H3. The molecule has 1 fully saturated rings.